The van der Waals surface area contributed by atoms with Crippen LogP contribution in [-0.4, -0.2) is 16.2 Å². The molecule has 0 atom stereocenters. The maximum Gasteiger partial charge on any atom is 0.416 e. The second-order valence-corrected chi connectivity index (χ2v) is 3.56. The minimum atomic E-state index is -4.33. The third-order valence-corrected chi connectivity index (χ3v) is 2.18. The van der Waals surface area contributed by atoms with Crippen LogP contribution in [0.1, 0.15) is 11.1 Å². The molecular formula is C12H9F3N4. The number of nitrogens with one attached hydrogen (secondary N) is 1. The van der Waals surface area contributed by atoms with E-state index in [9.17, 15) is 13.2 Å². The van der Waals surface area contributed by atoms with Crippen molar-refractivity contribution in [2.24, 2.45) is 5.10 Å². The van der Waals surface area contributed by atoms with E-state index in [0.29, 0.717) is 11.5 Å². The molecule has 7 heteroatoms. The van der Waals surface area contributed by atoms with Gasteiger partial charge in [-0.1, -0.05) is 12.1 Å². The second kappa shape index (κ2) is 5.47. The lowest BCUT2D eigenvalue weighted by Crippen LogP contribution is -2.04. The largest absolute Gasteiger partial charge is 0.416 e. The Morgan fingerprint density at radius 2 is 1.68 bits per heavy atom. The van der Waals surface area contributed by atoms with E-state index in [1.807, 2.05) is 0 Å². The first-order valence-corrected chi connectivity index (χ1v) is 5.29. The number of hydrogen-bond donors (Lipinski definition) is 1. The van der Waals surface area contributed by atoms with Gasteiger partial charge in [0.2, 0.25) is 5.95 Å². The molecule has 2 rings (SSSR count). The SMILES string of the molecule is FC(F)(F)c1ccc(C=NNc2ncccn2)cc1. The van der Waals surface area contributed by atoms with Gasteiger partial charge in [-0.15, -0.1) is 0 Å². The molecule has 2 aromatic rings. The molecule has 1 N–H and O–H groups in total. The number of alkyl halides is 3. The molecule has 0 aliphatic carbocycles. The standard InChI is InChI=1S/C12H9F3N4/c13-12(14,15)10-4-2-9(3-5-10)8-18-19-11-16-6-1-7-17-11/h1-8H,(H,16,17,19). The van der Waals surface area contributed by atoms with Gasteiger partial charge >= 0.3 is 6.18 Å². The monoisotopic (exact) mass is 266 g/mol. The topological polar surface area (TPSA) is 50.2 Å². The number of halogens is 3. The number of anilines is 1. The van der Waals surface area contributed by atoms with Crippen molar-refractivity contribution in [3.8, 4) is 0 Å². The molecule has 0 aliphatic heterocycles. The van der Waals surface area contributed by atoms with Crippen molar-refractivity contribution in [3.63, 3.8) is 0 Å². The predicted molar refractivity (Wildman–Crippen MR) is 64.7 cm³/mol. The van der Waals surface area contributed by atoms with Gasteiger partial charge in [-0.25, -0.2) is 15.4 Å². The van der Waals surface area contributed by atoms with Crippen LogP contribution in [0.5, 0.6) is 0 Å². The number of nitrogens with zero attached hydrogens (tertiary/aromatic N) is 3. The zero-order valence-electron chi connectivity index (χ0n) is 9.59. The molecule has 0 saturated heterocycles. The molecule has 19 heavy (non-hydrogen) atoms. The van der Waals surface area contributed by atoms with E-state index in [0.717, 1.165) is 12.1 Å². The molecule has 0 unspecified atom stereocenters. The molecule has 1 aromatic heterocycles. The zero-order chi connectivity index (χ0) is 13.7. The highest BCUT2D eigenvalue weighted by molar-refractivity contribution is 5.80. The fourth-order valence-corrected chi connectivity index (χ4v) is 1.28. The van der Waals surface area contributed by atoms with Crippen molar-refractivity contribution in [2.75, 3.05) is 5.43 Å². The summed E-state index contributed by atoms with van der Waals surface area (Å²) >= 11 is 0. The Hall–Kier alpha value is -2.44. The molecule has 0 saturated carbocycles. The Bertz CT molecular complexity index is 549. The third-order valence-electron chi connectivity index (χ3n) is 2.18. The van der Waals surface area contributed by atoms with E-state index in [-0.39, 0.29) is 0 Å². The summed E-state index contributed by atoms with van der Waals surface area (Å²) in [5, 5.41) is 3.82. The van der Waals surface area contributed by atoms with Gasteiger partial charge in [-0.05, 0) is 23.8 Å². The number of benzene rings is 1. The van der Waals surface area contributed by atoms with Gasteiger partial charge in [0.05, 0.1) is 11.8 Å². The van der Waals surface area contributed by atoms with Crippen LogP contribution in [0, 0.1) is 0 Å². The number of hydrogen-bond acceptors (Lipinski definition) is 4. The van der Waals surface area contributed by atoms with Gasteiger partial charge in [-0.3, -0.25) is 0 Å². The van der Waals surface area contributed by atoms with Crippen molar-refractivity contribution in [3.05, 3.63) is 53.9 Å². The molecule has 4 nitrogen and oxygen atoms in total. The van der Waals surface area contributed by atoms with Crippen LogP contribution in [0.15, 0.2) is 47.8 Å². The second-order valence-electron chi connectivity index (χ2n) is 3.56. The molecule has 1 heterocycles. The quantitative estimate of drug-likeness (QED) is 0.686. The predicted octanol–water partition coefficient (Wildman–Crippen LogP) is 2.94. The highest BCUT2D eigenvalue weighted by atomic mass is 19.4. The summed E-state index contributed by atoms with van der Waals surface area (Å²) in [5.41, 5.74) is 2.41. The molecule has 0 bridgehead atoms. The van der Waals surface area contributed by atoms with E-state index in [4.69, 9.17) is 0 Å². The highest BCUT2D eigenvalue weighted by Crippen LogP contribution is 2.28. The van der Waals surface area contributed by atoms with E-state index in [1.165, 1.54) is 18.3 Å². The molecule has 0 aliphatic rings. The smallest absolute Gasteiger partial charge is 0.245 e. The van der Waals surface area contributed by atoms with Crippen LogP contribution in [0.4, 0.5) is 19.1 Å². The van der Waals surface area contributed by atoms with Crippen molar-refractivity contribution < 1.29 is 13.2 Å². The first-order valence-electron chi connectivity index (χ1n) is 5.29. The summed E-state index contributed by atoms with van der Waals surface area (Å²) in [4.78, 5) is 7.74. The van der Waals surface area contributed by atoms with Gasteiger partial charge in [0.25, 0.3) is 0 Å². The Labute approximate surface area is 107 Å². The summed E-state index contributed by atoms with van der Waals surface area (Å²) in [6.07, 6.45) is 0.147. The summed E-state index contributed by atoms with van der Waals surface area (Å²) in [6, 6.07) is 6.32. The lowest BCUT2D eigenvalue weighted by molar-refractivity contribution is -0.137. The van der Waals surface area contributed by atoms with Crippen LogP contribution in [-0.2, 0) is 6.18 Å². The van der Waals surface area contributed by atoms with Crippen LogP contribution < -0.4 is 5.43 Å². The van der Waals surface area contributed by atoms with Crippen molar-refractivity contribution in [1.82, 2.24) is 9.97 Å². The minimum absolute atomic E-state index is 0.311. The van der Waals surface area contributed by atoms with E-state index in [1.54, 1.807) is 18.5 Å². The molecular weight excluding hydrogens is 257 g/mol. The Balaban J connectivity index is 2.00. The fraction of sp³-hybridized carbons (Fsp3) is 0.0833. The number of hydrazone groups is 1. The van der Waals surface area contributed by atoms with Gasteiger partial charge in [-0.2, -0.15) is 18.3 Å². The maximum absolute atomic E-state index is 12.3. The highest BCUT2D eigenvalue weighted by Gasteiger charge is 2.29. The van der Waals surface area contributed by atoms with Crippen molar-refractivity contribution in [2.45, 2.75) is 6.18 Å². The van der Waals surface area contributed by atoms with Gasteiger partial charge < -0.3 is 0 Å². The van der Waals surface area contributed by atoms with Crippen LogP contribution in [0.3, 0.4) is 0 Å². The Morgan fingerprint density at radius 3 is 2.26 bits per heavy atom. The molecule has 98 valence electrons. The maximum atomic E-state index is 12.3. The van der Waals surface area contributed by atoms with Gasteiger partial charge in [0.15, 0.2) is 0 Å². The molecule has 0 radical (unpaired) electrons. The summed E-state index contributed by atoms with van der Waals surface area (Å²) in [5.74, 6) is 0.311. The first kappa shape index (κ1) is 13.0. The minimum Gasteiger partial charge on any atom is -0.245 e. The van der Waals surface area contributed by atoms with Crippen LogP contribution in [0.25, 0.3) is 0 Å². The Morgan fingerprint density at radius 1 is 1.05 bits per heavy atom. The lowest BCUT2D eigenvalue weighted by atomic mass is 10.1. The average molecular weight is 266 g/mol. The normalized spacial score (nSPS) is 11.7. The van der Waals surface area contributed by atoms with Crippen molar-refractivity contribution in [1.29, 1.82) is 0 Å². The van der Waals surface area contributed by atoms with E-state index in [2.05, 4.69) is 20.5 Å². The van der Waals surface area contributed by atoms with Crippen molar-refractivity contribution >= 4 is 12.2 Å². The fourth-order valence-electron chi connectivity index (χ4n) is 1.28. The molecule has 0 spiro atoms. The molecule has 1 aromatic carbocycles. The van der Waals surface area contributed by atoms with E-state index < -0.39 is 11.7 Å². The van der Waals surface area contributed by atoms with Gasteiger partial charge in [0.1, 0.15) is 0 Å². The van der Waals surface area contributed by atoms with Crippen LogP contribution in [0.2, 0.25) is 0 Å². The van der Waals surface area contributed by atoms with Crippen LogP contribution >= 0.6 is 0 Å². The average Bonchev–Trinajstić information content (AvgIpc) is 2.39. The zero-order valence-corrected chi connectivity index (χ0v) is 9.59. The molecule has 0 fully saturated rings. The third kappa shape index (κ3) is 3.77. The summed E-state index contributed by atoms with van der Waals surface area (Å²) in [6.45, 7) is 0. The van der Waals surface area contributed by atoms with E-state index >= 15 is 0 Å². The van der Waals surface area contributed by atoms with Gasteiger partial charge in [0, 0.05) is 12.4 Å². The number of rotatable bonds is 3. The first-order chi connectivity index (χ1) is 9.05. The summed E-state index contributed by atoms with van der Waals surface area (Å²) in [7, 11) is 0. The Kier molecular flexibility index (Phi) is 3.74. The lowest BCUT2D eigenvalue weighted by Gasteiger charge is -2.05. The molecule has 0 amide bonds. The number of aromatic nitrogens is 2. The summed E-state index contributed by atoms with van der Waals surface area (Å²) < 4.78 is 37.0.